The van der Waals surface area contributed by atoms with Gasteiger partial charge in [-0.2, -0.15) is 0 Å². The molecule has 0 saturated carbocycles. The predicted molar refractivity (Wildman–Crippen MR) is 83.4 cm³/mol. The van der Waals surface area contributed by atoms with Crippen LogP contribution in [0.25, 0.3) is 0 Å². The summed E-state index contributed by atoms with van der Waals surface area (Å²) in [6.45, 7) is 2.78. The summed E-state index contributed by atoms with van der Waals surface area (Å²) in [5, 5.41) is 11.5. The van der Waals surface area contributed by atoms with Gasteiger partial charge in [-0.1, -0.05) is 21.1 Å². The van der Waals surface area contributed by atoms with Crippen LogP contribution in [0.1, 0.15) is 11.3 Å². The van der Waals surface area contributed by atoms with E-state index in [9.17, 15) is 0 Å². The fourth-order valence-corrected chi connectivity index (χ4v) is 2.34. The Bertz CT molecular complexity index is 574. The second kappa shape index (κ2) is 8.11. The lowest BCUT2D eigenvalue weighted by atomic mass is 10.2. The van der Waals surface area contributed by atoms with Gasteiger partial charge < -0.3 is 14.8 Å². The normalized spacial score (nSPS) is 10.8. The largest absolute Gasteiger partial charge is 0.496 e. The third-order valence-electron chi connectivity index (χ3n) is 2.95. The molecule has 21 heavy (non-hydrogen) atoms. The molecule has 0 aliphatic heterocycles. The van der Waals surface area contributed by atoms with Crippen molar-refractivity contribution in [2.75, 3.05) is 27.4 Å². The molecule has 0 aliphatic rings. The third-order valence-corrected chi connectivity index (χ3v) is 3.44. The SMILES string of the molecule is COCCNCc1cn(Cc2cc(Br)ccc2OC)nn1. The first-order valence-electron chi connectivity index (χ1n) is 6.64. The zero-order valence-electron chi connectivity index (χ0n) is 12.2. The predicted octanol–water partition coefficient (Wildman–Crippen LogP) is 1.83. The molecule has 1 N–H and O–H groups in total. The van der Waals surface area contributed by atoms with E-state index in [0.29, 0.717) is 19.7 Å². The van der Waals surface area contributed by atoms with Gasteiger partial charge in [0.1, 0.15) is 5.75 Å². The van der Waals surface area contributed by atoms with Gasteiger partial charge in [0.2, 0.25) is 0 Å². The first-order valence-corrected chi connectivity index (χ1v) is 7.43. The molecule has 7 heteroatoms. The Hall–Kier alpha value is -1.44. The summed E-state index contributed by atoms with van der Waals surface area (Å²) >= 11 is 3.47. The minimum absolute atomic E-state index is 0.619. The van der Waals surface area contributed by atoms with Crippen LogP contribution in [0.3, 0.4) is 0 Å². The topological polar surface area (TPSA) is 61.2 Å². The van der Waals surface area contributed by atoms with E-state index in [2.05, 4.69) is 31.6 Å². The van der Waals surface area contributed by atoms with Gasteiger partial charge in [0.25, 0.3) is 0 Å². The highest BCUT2D eigenvalue weighted by molar-refractivity contribution is 9.10. The van der Waals surface area contributed by atoms with E-state index in [-0.39, 0.29) is 0 Å². The van der Waals surface area contributed by atoms with Crippen LogP contribution in [-0.2, 0) is 17.8 Å². The molecule has 2 aromatic rings. The molecule has 0 atom stereocenters. The van der Waals surface area contributed by atoms with Crippen molar-refractivity contribution in [3.05, 3.63) is 40.1 Å². The lowest BCUT2D eigenvalue weighted by molar-refractivity contribution is 0.199. The van der Waals surface area contributed by atoms with Crippen molar-refractivity contribution in [1.29, 1.82) is 0 Å². The molecule has 0 spiro atoms. The van der Waals surface area contributed by atoms with Gasteiger partial charge in [-0.25, -0.2) is 4.68 Å². The van der Waals surface area contributed by atoms with Gasteiger partial charge in [-0.05, 0) is 18.2 Å². The number of nitrogens with one attached hydrogen (secondary N) is 1. The number of nitrogens with zero attached hydrogens (tertiary/aromatic N) is 3. The molecule has 1 aromatic carbocycles. The zero-order chi connectivity index (χ0) is 15.1. The first kappa shape index (κ1) is 15.9. The standard InChI is InChI=1S/C14H19BrN4O2/c1-20-6-5-16-8-13-10-19(18-17-13)9-11-7-12(15)3-4-14(11)21-2/h3-4,7,10,16H,5-6,8-9H2,1-2H3. The number of hydrogen-bond donors (Lipinski definition) is 1. The number of benzene rings is 1. The highest BCUT2D eigenvalue weighted by Gasteiger charge is 2.07. The summed E-state index contributed by atoms with van der Waals surface area (Å²) in [6, 6.07) is 5.91. The second-order valence-electron chi connectivity index (χ2n) is 4.53. The van der Waals surface area contributed by atoms with Crippen LogP contribution < -0.4 is 10.1 Å². The number of halogens is 1. The van der Waals surface area contributed by atoms with E-state index in [4.69, 9.17) is 9.47 Å². The highest BCUT2D eigenvalue weighted by Crippen LogP contribution is 2.23. The zero-order valence-corrected chi connectivity index (χ0v) is 13.8. The van der Waals surface area contributed by atoms with Crippen LogP contribution in [0.4, 0.5) is 0 Å². The van der Waals surface area contributed by atoms with Gasteiger partial charge in [0, 0.05) is 30.2 Å². The third kappa shape index (κ3) is 4.80. The lowest BCUT2D eigenvalue weighted by Crippen LogP contribution is -2.18. The average molecular weight is 355 g/mol. The quantitative estimate of drug-likeness (QED) is 0.732. The Morgan fingerprint density at radius 3 is 2.95 bits per heavy atom. The summed E-state index contributed by atoms with van der Waals surface area (Å²) < 4.78 is 13.2. The Kier molecular flexibility index (Phi) is 6.16. The summed E-state index contributed by atoms with van der Waals surface area (Å²) in [7, 11) is 3.35. The molecule has 0 unspecified atom stereocenters. The van der Waals surface area contributed by atoms with E-state index < -0.39 is 0 Å². The molecule has 6 nitrogen and oxygen atoms in total. The van der Waals surface area contributed by atoms with Crippen molar-refractivity contribution in [3.63, 3.8) is 0 Å². The van der Waals surface area contributed by atoms with Crippen LogP contribution in [0.15, 0.2) is 28.9 Å². The average Bonchev–Trinajstić information content (AvgIpc) is 2.91. The van der Waals surface area contributed by atoms with E-state index in [0.717, 1.165) is 28.0 Å². The maximum Gasteiger partial charge on any atom is 0.124 e. The number of methoxy groups -OCH3 is 2. The first-order chi connectivity index (χ1) is 10.2. The molecule has 0 saturated heterocycles. The number of hydrogen-bond acceptors (Lipinski definition) is 5. The smallest absolute Gasteiger partial charge is 0.124 e. The van der Waals surface area contributed by atoms with Gasteiger partial charge in [0.15, 0.2) is 0 Å². The minimum atomic E-state index is 0.619. The molecule has 0 bridgehead atoms. The van der Waals surface area contributed by atoms with Gasteiger partial charge in [-0.3, -0.25) is 0 Å². The van der Waals surface area contributed by atoms with E-state index in [1.165, 1.54) is 0 Å². The molecule has 0 aliphatic carbocycles. The molecular weight excluding hydrogens is 336 g/mol. The summed E-state index contributed by atoms with van der Waals surface area (Å²) in [6.07, 6.45) is 1.93. The number of ether oxygens (including phenoxy) is 2. The van der Waals surface area contributed by atoms with Crippen molar-refractivity contribution in [3.8, 4) is 5.75 Å². The molecule has 2 rings (SSSR count). The van der Waals surface area contributed by atoms with Gasteiger partial charge in [0.05, 0.1) is 32.2 Å². The molecular formula is C14H19BrN4O2. The molecule has 0 amide bonds. The molecule has 0 radical (unpaired) electrons. The summed E-state index contributed by atoms with van der Waals surface area (Å²) in [5.41, 5.74) is 1.95. The number of aromatic nitrogens is 3. The second-order valence-corrected chi connectivity index (χ2v) is 5.45. The van der Waals surface area contributed by atoms with Gasteiger partial charge >= 0.3 is 0 Å². The fourth-order valence-electron chi connectivity index (χ4n) is 1.93. The Labute approximate surface area is 132 Å². The van der Waals surface area contributed by atoms with Crippen molar-refractivity contribution >= 4 is 15.9 Å². The van der Waals surface area contributed by atoms with Crippen LogP contribution in [0.2, 0.25) is 0 Å². The van der Waals surface area contributed by atoms with Crippen LogP contribution in [0.5, 0.6) is 5.75 Å². The Balaban J connectivity index is 1.97. The Morgan fingerprint density at radius 1 is 1.33 bits per heavy atom. The monoisotopic (exact) mass is 354 g/mol. The Morgan fingerprint density at radius 2 is 2.19 bits per heavy atom. The van der Waals surface area contributed by atoms with Crippen LogP contribution >= 0.6 is 15.9 Å². The summed E-state index contributed by atoms with van der Waals surface area (Å²) in [4.78, 5) is 0. The lowest BCUT2D eigenvalue weighted by Gasteiger charge is -2.08. The van der Waals surface area contributed by atoms with Crippen molar-refractivity contribution in [2.45, 2.75) is 13.1 Å². The van der Waals surface area contributed by atoms with E-state index >= 15 is 0 Å². The van der Waals surface area contributed by atoms with Crippen LogP contribution in [0, 0.1) is 0 Å². The molecule has 0 fully saturated rings. The fraction of sp³-hybridized carbons (Fsp3) is 0.429. The molecule has 1 heterocycles. The van der Waals surface area contributed by atoms with E-state index in [1.807, 2.05) is 24.4 Å². The maximum atomic E-state index is 5.36. The highest BCUT2D eigenvalue weighted by atomic mass is 79.9. The van der Waals surface area contributed by atoms with Crippen molar-refractivity contribution in [1.82, 2.24) is 20.3 Å². The van der Waals surface area contributed by atoms with Crippen molar-refractivity contribution < 1.29 is 9.47 Å². The minimum Gasteiger partial charge on any atom is -0.496 e. The van der Waals surface area contributed by atoms with Crippen molar-refractivity contribution in [2.24, 2.45) is 0 Å². The van der Waals surface area contributed by atoms with Gasteiger partial charge in [-0.15, -0.1) is 5.10 Å². The maximum absolute atomic E-state index is 5.36. The molecule has 114 valence electrons. The van der Waals surface area contributed by atoms with E-state index in [1.54, 1.807) is 18.9 Å². The number of rotatable bonds is 8. The molecule has 1 aromatic heterocycles. The van der Waals surface area contributed by atoms with Crippen LogP contribution in [-0.4, -0.2) is 42.4 Å². The summed E-state index contributed by atoms with van der Waals surface area (Å²) in [5.74, 6) is 0.841.